The van der Waals surface area contributed by atoms with E-state index in [4.69, 9.17) is 25.8 Å². The van der Waals surface area contributed by atoms with Crippen LogP contribution < -0.4 is 9.47 Å². The zero-order chi connectivity index (χ0) is 19.4. The molecule has 1 atom stereocenters. The lowest BCUT2D eigenvalue weighted by molar-refractivity contribution is -0.150. The van der Waals surface area contributed by atoms with Crippen molar-refractivity contribution in [2.45, 2.75) is 26.9 Å². The highest BCUT2D eigenvalue weighted by molar-refractivity contribution is 6.32. The Labute approximate surface area is 162 Å². The quantitative estimate of drug-likeness (QED) is 0.598. The van der Waals surface area contributed by atoms with E-state index < -0.39 is 12.1 Å². The van der Waals surface area contributed by atoms with E-state index in [1.807, 2.05) is 31.2 Å². The minimum atomic E-state index is -0.807. The van der Waals surface area contributed by atoms with Crippen LogP contribution in [0.5, 0.6) is 11.5 Å². The molecule has 0 aliphatic rings. The molecule has 6 nitrogen and oxygen atoms in total. The van der Waals surface area contributed by atoms with Gasteiger partial charge in [0.15, 0.2) is 17.6 Å². The molecular formula is C20H21ClN2O4. The Balaban J connectivity index is 1.97. The van der Waals surface area contributed by atoms with Gasteiger partial charge in [0.2, 0.25) is 0 Å². The van der Waals surface area contributed by atoms with Gasteiger partial charge in [-0.25, -0.2) is 9.78 Å². The van der Waals surface area contributed by atoms with E-state index in [1.54, 1.807) is 26.0 Å². The van der Waals surface area contributed by atoms with Crippen molar-refractivity contribution in [3.63, 3.8) is 0 Å². The summed E-state index contributed by atoms with van der Waals surface area (Å²) in [5.41, 5.74) is 2.55. The lowest BCUT2D eigenvalue weighted by Crippen LogP contribution is -2.26. The highest BCUT2D eigenvalue weighted by Crippen LogP contribution is 2.40. The Bertz CT molecular complexity index is 921. The van der Waals surface area contributed by atoms with Gasteiger partial charge in [0, 0.05) is 5.56 Å². The monoisotopic (exact) mass is 388 g/mol. The molecule has 3 rings (SSSR count). The van der Waals surface area contributed by atoms with Crippen molar-refractivity contribution < 1.29 is 19.0 Å². The molecule has 142 valence electrons. The van der Waals surface area contributed by atoms with Gasteiger partial charge >= 0.3 is 5.97 Å². The SMILES string of the molecule is CCOC(=O)C(C)Oc1c(Cl)cc(-c2nc3ccccc3[nH]2)cc1OCC. The van der Waals surface area contributed by atoms with Gasteiger partial charge in [-0.2, -0.15) is 0 Å². The van der Waals surface area contributed by atoms with Crippen molar-refractivity contribution in [1.29, 1.82) is 0 Å². The molecule has 0 spiro atoms. The minimum absolute atomic E-state index is 0.281. The van der Waals surface area contributed by atoms with Gasteiger partial charge in [0.05, 0.1) is 29.3 Å². The number of aromatic nitrogens is 2. The number of ether oxygens (including phenoxy) is 3. The third-order valence-corrected chi connectivity index (χ3v) is 4.17. The van der Waals surface area contributed by atoms with Gasteiger partial charge in [-0.1, -0.05) is 23.7 Å². The maximum atomic E-state index is 11.9. The Kier molecular flexibility index (Phi) is 5.86. The van der Waals surface area contributed by atoms with E-state index in [0.29, 0.717) is 29.0 Å². The molecular weight excluding hydrogens is 368 g/mol. The second-order valence-electron chi connectivity index (χ2n) is 5.83. The number of halogens is 1. The molecule has 0 amide bonds. The number of aromatic amines is 1. The number of imidazole rings is 1. The third kappa shape index (κ3) is 4.17. The third-order valence-electron chi connectivity index (χ3n) is 3.89. The van der Waals surface area contributed by atoms with Crippen LogP contribution in [0.2, 0.25) is 5.02 Å². The fraction of sp³-hybridized carbons (Fsp3) is 0.300. The second kappa shape index (κ2) is 8.31. The van der Waals surface area contributed by atoms with Crippen LogP contribution in [0.1, 0.15) is 20.8 Å². The van der Waals surface area contributed by atoms with Crippen molar-refractivity contribution in [1.82, 2.24) is 9.97 Å². The average molecular weight is 389 g/mol. The van der Waals surface area contributed by atoms with Crippen LogP contribution in [-0.2, 0) is 9.53 Å². The van der Waals surface area contributed by atoms with Gasteiger partial charge in [0.1, 0.15) is 5.82 Å². The highest BCUT2D eigenvalue weighted by atomic mass is 35.5. The number of hydrogen-bond donors (Lipinski definition) is 1. The van der Waals surface area contributed by atoms with Gasteiger partial charge in [0.25, 0.3) is 0 Å². The van der Waals surface area contributed by atoms with Crippen LogP contribution in [0.25, 0.3) is 22.4 Å². The molecule has 1 unspecified atom stereocenters. The van der Waals surface area contributed by atoms with Crippen molar-refractivity contribution in [2.75, 3.05) is 13.2 Å². The van der Waals surface area contributed by atoms with Crippen molar-refractivity contribution in [3.8, 4) is 22.9 Å². The molecule has 1 N–H and O–H groups in total. The first-order chi connectivity index (χ1) is 13.0. The molecule has 0 saturated carbocycles. The van der Waals surface area contributed by atoms with Crippen molar-refractivity contribution >= 4 is 28.6 Å². The van der Waals surface area contributed by atoms with Crippen LogP contribution in [0.15, 0.2) is 36.4 Å². The summed E-state index contributed by atoms with van der Waals surface area (Å²) in [6.07, 6.45) is -0.807. The number of carbonyl (C=O) groups is 1. The Morgan fingerprint density at radius 2 is 2.00 bits per heavy atom. The summed E-state index contributed by atoms with van der Waals surface area (Å²) in [5, 5.41) is 0.326. The van der Waals surface area contributed by atoms with E-state index in [0.717, 1.165) is 16.6 Å². The minimum Gasteiger partial charge on any atom is -0.490 e. The summed E-state index contributed by atoms with van der Waals surface area (Å²) in [4.78, 5) is 19.7. The molecule has 7 heteroatoms. The Morgan fingerprint density at radius 3 is 2.70 bits per heavy atom. The summed E-state index contributed by atoms with van der Waals surface area (Å²) in [6.45, 7) is 5.91. The first-order valence-corrected chi connectivity index (χ1v) is 9.16. The molecule has 0 saturated heterocycles. The summed E-state index contributed by atoms with van der Waals surface area (Å²) in [6, 6.07) is 11.3. The number of nitrogens with one attached hydrogen (secondary N) is 1. The smallest absolute Gasteiger partial charge is 0.347 e. The van der Waals surface area contributed by atoms with Crippen LogP contribution in [0.4, 0.5) is 0 Å². The van der Waals surface area contributed by atoms with Gasteiger partial charge in [-0.05, 0) is 45.0 Å². The molecule has 0 aliphatic carbocycles. The van der Waals surface area contributed by atoms with Crippen LogP contribution in [0.3, 0.4) is 0 Å². The first-order valence-electron chi connectivity index (χ1n) is 8.78. The number of carbonyl (C=O) groups excluding carboxylic acids is 1. The van der Waals surface area contributed by atoms with Crippen molar-refractivity contribution in [2.24, 2.45) is 0 Å². The standard InChI is InChI=1S/C20H21ClN2O4/c1-4-25-17-11-13(19-22-15-8-6-7-9-16(15)23-19)10-14(21)18(17)27-12(3)20(24)26-5-2/h6-12H,4-5H2,1-3H3,(H,22,23). The van der Waals surface area contributed by atoms with Gasteiger partial charge in [-0.15, -0.1) is 0 Å². The number of esters is 1. The topological polar surface area (TPSA) is 73.4 Å². The molecule has 1 heterocycles. The number of hydrogen-bond acceptors (Lipinski definition) is 5. The molecule has 1 aromatic heterocycles. The van der Waals surface area contributed by atoms with E-state index >= 15 is 0 Å². The van der Waals surface area contributed by atoms with E-state index in [2.05, 4.69) is 9.97 Å². The summed E-state index contributed by atoms with van der Waals surface area (Å²) in [7, 11) is 0. The van der Waals surface area contributed by atoms with E-state index in [-0.39, 0.29) is 6.61 Å². The Morgan fingerprint density at radius 1 is 1.22 bits per heavy atom. The number of benzene rings is 2. The van der Waals surface area contributed by atoms with Crippen LogP contribution in [0, 0.1) is 0 Å². The second-order valence-corrected chi connectivity index (χ2v) is 6.24. The number of fused-ring (bicyclic) bond motifs is 1. The summed E-state index contributed by atoms with van der Waals surface area (Å²) < 4.78 is 16.4. The largest absolute Gasteiger partial charge is 0.490 e. The van der Waals surface area contributed by atoms with Gasteiger partial charge < -0.3 is 19.2 Å². The molecule has 0 fully saturated rings. The maximum absolute atomic E-state index is 11.9. The van der Waals surface area contributed by atoms with Crippen LogP contribution in [-0.4, -0.2) is 35.3 Å². The van der Waals surface area contributed by atoms with Gasteiger partial charge in [-0.3, -0.25) is 0 Å². The average Bonchev–Trinajstić information content (AvgIpc) is 3.08. The molecule has 0 radical (unpaired) electrons. The predicted octanol–water partition coefficient (Wildman–Crippen LogP) is 4.61. The zero-order valence-electron chi connectivity index (χ0n) is 15.4. The summed E-state index contributed by atoms with van der Waals surface area (Å²) in [5.74, 6) is 0.956. The normalized spacial score (nSPS) is 12.0. The van der Waals surface area contributed by atoms with Crippen molar-refractivity contribution in [3.05, 3.63) is 41.4 Å². The predicted molar refractivity (Wildman–Crippen MR) is 104 cm³/mol. The molecule has 0 bridgehead atoms. The zero-order valence-corrected chi connectivity index (χ0v) is 16.2. The maximum Gasteiger partial charge on any atom is 0.347 e. The first kappa shape index (κ1) is 19.0. The number of H-pyrrole nitrogens is 1. The number of rotatable bonds is 7. The highest BCUT2D eigenvalue weighted by Gasteiger charge is 2.22. The molecule has 3 aromatic rings. The Hall–Kier alpha value is -2.73. The lowest BCUT2D eigenvalue weighted by atomic mass is 10.2. The van der Waals surface area contributed by atoms with Crippen LogP contribution >= 0.6 is 11.6 Å². The fourth-order valence-electron chi connectivity index (χ4n) is 2.66. The molecule has 27 heavy (non-hydrogen) atoms. The fourth-order valence-corrected chi connectivity index (χ4v) is 2.91. The number of para-hydroxylation sites is 2. The number of nitrogens with zero attached hydrogens (tertiary/aromatic N) is 1. The molecule has 0 aliphatic heterocycles. The van der Waals surface area contributed by atoms with E-state index in [1.165, 1.54) is 0 Å². The summed E-state index contributed by atoms with van der Waals surface area (Å²) >= 11 is 6.45. The molecule has 2 aromatic carbocycles. The van der Waals surface area contributed by atoms with E-state index in [9.17, 15) is 4.79 Å². The lowest BCUT2D eigenvalue weighted by Gasteiger charge is -2.18.